The zero-order chi connectivity index (χ0) is 22.1. The minimum absolute atomic E-state index is 0.0284. The number of aryl methyl sites for hydroxylation is 1. The molecule has 1 aromatic rings. The molecule has 1 heterocycles. The first-order valence-electron chi connectivity index (χ1n) is 10.5. The van der Waals surface area contributed by atoms with Crippen molar-refractivity contribution in [2.24, 2.45) is 11.8 Å². The number of aliphatic hydroxyl groups is 1. The Morgan fingerprint density at radius 3 is 2.83 bits per heavy atom. The number of carbonyl (C=O) groups excluding carboxylic acids is 2. The van der Waals surface area contributed by atoms with Crippen molar-refractivity contribution >= 4 is 44.2 Å². The summed E-state index contributed by atoms with van der Waals surface area (Å²) >= 11 is 8.08. The normalized spacial score (nSPS) is 25.0. The van der Waals surface area contributed by atoms with Gasteiger partial charge in [0.25, 0.3) is 0 Å². The van der Waals surface area contributed by atoms with Gasteiger partial charge in [-0.05, 0) is 56.2 Å². The topological polar surface area (TPSA) is 72.8 Å². The van der Waals surface area contributed by atoms with Crippen LogP contribution in [0, 0.1) is 11.8 Å². The average molecular weight is 475 g/mol. The van der Waals surface area contributed by atoms with E-state index in [1.807, 2.05) is 19.1 Å². The summed E-state index contributed by atoms with van der Waals surface area (Å²) in [5.41, 5.74) is 0. The third-order valence-corrected chi connectivity index (χ3v) is 7.65. The second kappa shape index (κ2) is 12.9. The van der Waals surface area contributed by atoms with E-state index in [4.69, 9.17) is 20.9 Å². The van der Waals surface area contributed by atoms with E-state index in [2.05, 4.69) is 9.47 Å². The quantitative estimate of drug-likeness (QED) is 0.201. The number of hydrogen-bond donors (Lipinski definition) is 1. The molecule has 0 aliphatic heterocycles. The van der Waals surface area contributed by atoms with E-state index in [1.54, 1.807) is 6.07 Å². The predicted molar refractivity (Wildman–Crippen MR) is 124 cm³/mol. The van der Waals surface area contributed by atoms with Crippen LogP contribution in [0.5, 0.6) is 0 Å². The highest BCUT2D eigenvalue weighted by Gasteiger charge is 2.41. The van der Waals surface area contributed by atoms with Gasteiger partial charge >= 0.3 is 5.97 Å². The number of halogens is 1. The molecule has 6 atom stereocenters. The molecule has 1 fully saturated rings. The van der Waals surface area contributed by atoms with Gasteiger partial charge in [0.05, 0.1) is 13.2 Å². The standard InChI is InChI=1S/C22H32ClO5PS/c1-3-4-8-18(24)19(25)11-10-16-15(17(23)13-20(16)28-29)7-5-6-14-9-12-21(30-14)22(26)27-2/h9-12,15-18,20,24H,3-8,13,29H2,1-2H3/b11-10+/t15-,16-,17-,18?,20-/m1/s1. The van der Waals surface area contributed by atoms with E-state index in [1.165, 1.54) is 24.5 Å². The number of aliphatic hydroxyl groups excluding tert-OH is 1. The largest absolute Gasteiger partial charge is 0.465 e. The maximum absolute atomic E-state index is 12.2. The van der Waals surface area contributed by atoms with Crippen LogP contribution in [0.3, 0.4) is 0 Å². The Balaban J connectivity index is 1.95. The summed E-state index contributed by atoms with van der Waals surface area (Å²) in [6.45, 7) is 2.03. The fraction of sp³-hybridized carbons (Fsp3) is 0.636. The third-order valence-electron chi connectivity index (χ3n) is 5.67. The van der Waals surface area contributed by atoms with E-state index in [0.29, 0.717) is 11.3 Å². The van der Waals surface area contributed by atoms with Crippen LogP contribution in [0.15, 0.2) is 24.3 Å². The molecule has 0 amide bonds. The van der Waals surface area contributed by atoms with E-state index < -0.39 is 6.10 Å². The van der Waals surface area contributed by atoms with Crippen LogP contribution in [0.4, 0.5) is 0 Å². The average Bonchev–Trinajstić information content (AvgIpc) is 3.34. The van der Waals surface area contributed by atoms with Crippen molar-refractivity contribution in [3.63, 3.8) is 0 Å². The fourth-order valence-corrected chi connectivity index (χ4v) is 5.68. The monoisotopic (exact) mass is 474 g/mol. The van der Waals surface area contributed by atoms with Gasteiger partial charge < -0.3 is 14.4 Å². The molecule has 0 spiro atoms. The maximum atomic E-state index is 12.2. The van der Waals surface area contributed by atoms with Crippen LogP contribution in [0.25, 0.3) is 0 Å². The lowest BCUT2D eigenvalue weighted by molar-refractivity contribution is -0.122. The van der Waals surface area contributed by atoms with Gasteiger partial charge in [-0.15, -0.1) is 22.9 Å². The Hall–Kier alpha value is -0.780. The lowest BCUT2D eigenvalue weighted by Crippen LogP contribution is -2.22. The van der Waals surface area contributed by atoms with E-state index in [-0.39, 0.29) is 35.1 Å². The zero-order valence-corrected chi connectivity index (χ0v) is 20.3. The van der Waals surface area contributed by atoms with E-state index >= 15 is 0 Å². The second-order valence-electron chi connectivity index (χ2n) is 7.74. The number of ether oxygens (including phenoxy) is 1. The van der Waals surface area contributed by atoms with Crippen molar-refractivity contribution < 1.29 is 24.0 Å². The number of carbonyl (C=O) groups is 2. The number of esters is 1. The highest BCUT2D eigenvalue weighted by molar-refractivity contribution is 7.13. The number of hydrogen-bond acceptors (Lipinski definition) is 6. The molecule has 0 aromatic carbocycles. The molecule has 0 bridgehead atoms. The molecule has 0 radical (unpaired) electrons. The summed E-state index contributed by atoms with van der Waals surface area (Å²) in [7, 11) is 3.69. The lowest BCUT2D eigenvalue weighted by Gasteiger charge is -2.22. The first-order chi connectivity index (χ1) is 14.4. The number of methoxy groups -OCH3 is 1. The Morgan fingerprint density at radius 2 is 2.17 bits per heavy atom. The van der Waals surface area contributed by atoms with Gasteiger partial charge in [0.1, 0.15) is 11.0 Å². The molecular weight excluding hydrogens is 443 g/mol. The van der Waals surface area contributed by atoms with Crippen molar-refractivity contribution in [1.29, 1.82) is 0 Å². The van der Waals surface area contributed by atoms with Crippen LogP contribution < -0.4 is 0 Å². The van der Waals surface area contributed by atoms with Crippen LogP contribution >= 0.6 is 32.4 Å². The van der Waals surface area contributed by atoms with Gasteiger partial charge in [-0.2, -0.15) is 0 Å². The van der Waals surface area contributed by atoms with Gasteiger partial charge in [-0.3, -0.25) is 4.79 Å². The maximum Gasteiger partial charge on any atom is 0.348 e. The Labute approximate surface area is 190 Å². The first-order valence-corrected chi connectivity index (χ1v) is 12.2. The molecule has 1 aliphatic rings. The fourth-order valence-electron chi connectivity index (χ4n) is 3.95. The number of alkyl halides is 1. The van der Waals surface area contributed by atoms with Crippen molar-refractivity contribution in [2.75, 3.05) is 7.11 Å². The number of unbranched alkanes of at least 4 members (excludes halogenated alkanes) is 1. The lowest BCUT2D eigenvalue weighted by atomic mass is 9.89. The SMILES string of the molecule is CCCCC(O)C(=O)/C=C/[C@@H]1[C@@H](CCCc2ccc(C(=O)OC)s2)[C@H](Cl)C[C@H]1OP. The summed E-state index contributed by atoms with van der Waals surface area (Å²) in [5, 5.41) is 9.97. The predicted octanol–water partition coefficient (Wildman–Crippen LogP) is 4.95. The summed E-state index contributed by atoms with van der Waals surface area (Å²) in [5.74, 6) is -0.341. The summed E-state index contributed by atoms with van der Waals surface area (Å²) in [4.78, 5) is 25.6. The van der Waals surface area contributed by atoms with Crippen LogP contribution in [0.2, 0.25) is 0 Å². The third kappa shape index (κ3) is 7.13. The number of ketones is 1. The summed E-state index contributed by atoms with van der Waals surface area (Å²) in [6, 6.07) is 3.76. The van der Waals surface area contributed by atoms with Gasteiger partial charge in [0.15, 0.2) is 5.78 Å². The molecule has 0 saturated heterocycles. The molecular formula is C22H32ClO5PS. The Morgan fingerprint density at radius 1 is 1.40 bits per heavy atom. The molecule has 30 heavy (non-hydrogen) atoms. The second-order valence-corrected chi connectivity index (χ2v) is 9.74. The molecule has 2 unspecified atom stereocenters. The highest BCUT2D eigenvalue weighted by Crippen LogP contribution is 2.42. The molecule has 8 heteroatoms. The summed E-state index contributed by atoms with van der Waals surface area (Å²) in [6.07, 6.45) is 8.05. The molecule has 1 aromatic heterocycles. The van der Waals surface area contributed by atoms with E-state index in [0.717, 1.165) is 43.4 Å². The van der Waals surface area contributed by atoms with Gasteiger partial charge in [-0.1, -0.05) is 25.8 Å². The smallest absolute Gasteiger partial charge is 0.348 e. The minimum atomic E-state index is -0.939. The van der Waals surface area contributed by atoms with Crippen LogP contribution in [-0.4, -0.2) is 41.6 Å². The van der Waals surface area contributed by atoms with Crippen molar-refractivity contribution in [1.82, 2.24) is 0 Å². The molecule has 2 rings (SSSR count). The van der Waals surface area contributed by atoms with Gasteiger partial charge in [-0.25, -0.2) is 4.79 Å². The summed E-state index contributed by atoms with van der Waals surface area (Å²) < 4.78 is 10.3. The molecule has 5 nitrogen and oxygen atoms in total. The molecule has 1 aliphatic carbocycles. The zero-order valence-electron chi connectivity index (χ0n) is 17.6. The molecule has 1 N–H and O–H groups in total. The van der Waals surface area contributed by atoms with Gasteiger partial charge in [0.2, 0.25) is 0 Å². The van der Waals surface area contributed by atoms with Crippen LogP contribution in [0.1, 0.15) is 60.0 Å². The minimum Gasteiger partial charge on any atom is -0.465 e. The number of thiophene rings is 1. The Bertz CT molecular complexity index is 722. The first kappa shape index (κ1) is 25.5. The Kier molecular flexibility index (Phi) is 11.0. The van der Waals surface area contributed by atoms with E-state index in [9.17, 15) is 14.7 Å². The van der Waals surface area contributed by atoms with Crippen molar-refractivity contribution in [3.8, 4) is 0 Å². The van der Waals surface area contributed by atoms with Crippen molar-refractivity contribution in [2.45, 2.75) is 69.5 Å². The van der Waals surface area contributed by atoms with Gasteiger partial charge in [0, 0.05) is 25.6 Å². The molecule has 168 valence electrons. The molecule has 1 saturated carbocycles. The van der Waals surface area contributed by atoms with Crippen LogP contribution in [-0.2, 0) is 20.5 Å². The number of rotatable bonds is 12. The van der Waals surface area contributed by atoms with Crippen molar-refractivity contribution in [3.05, 3.63) is 34.0 Å². The highest BCUT2D eigenvalue weighted by atomic mass is 35.5.